The third-order valence-electron chi connectivity index (χ3n) is 4.95. The monoisotopic (exact) mass is 339 g/mol. The van der Waals surface area contributed by atoms with E-state index >= 15 is 0 Å². The fourth-order valence-corrected chi connectivity index (χ4v) is 3.56. The van der Waals surface area contributed by atoms with E-state index < -0.39 is 0 Å². The average Bonchev–Trinajstić information content (AvgIpc) is 2.58. The van der Waals surface area contributed by atoms with Gasteiger partial charge in [-0.25, -0.2) is 4.39 Å². The predicted octanol–water partition coefficient (Wildman–Crippen LogP) is 5.12. The number of rotatable bonds is 4. The number of benzene rings is 2. The maximum Gasteiger partial charge on any atom is 0.123 e. The molecule has 0 bridgehead atoms. The van der Waals surface area contributed by atoms with E-state index in [4.69, 9.17) is 5.41 Å². The van der Waals surface area contributed by atoms with E-state index in [1.807, 2.05) is 0 Å². The normalized spacial score (nSPS) is 18.2. The van der Waals surface area contributed by atoms with Crippen LogP contribution in [-0.4, -0.2) is 19.3 Å². The smallest absolute Gasteiger partial charge is 0.123 e. The summed E-state index contributed by atoms with van der Waals surface area (Å²) in [6.45, 7) is 4.23. The number of halogens is 1. The van der Waals surface area contributed by atoms with Gasteiger partial charge in [0.15, 0.2) is 0 Å². The van der Waals surface area contributed by atoms with Gasteiger partial charge >= 0.3 is 0 Å². The van der Waals surface area contributed by atoms with Gasteiger partial charge in [0.25, 0.3) is 0 Å². The van der Waals surface area contributed by atoms with Gasteiger partial charge in [0.1, 0.15) is 5.82 Å². The molecule has 0 saturated carbocycles. The molecule has 0 spiro atoms. The minimum atomic E-state index is -0.249. The van der Waals surface area contributed by atoms with E-state index in [1.165, 1.54) is 55.2 Å². The molecule has 2 aromatic rings. The molecular formula is C21H26FN3. The van der Waals surface area contributed by atoms with Gasteiger partial charge in [0, 0.05) is 29.7 Å². The van der Waals surface area contributed by atoms with E-state index in [0.717, 1.165) is 30.0 Å². The van der Waals surface area contributed by atoms with Crippen LogP contribution in [0.4, 0.5) is 15.8 Å². The topological polar surface area (TPSA) is 47.9 Å². The molecule has 0 amide bonds. The van der Waals surface area contributed by atoms with Crippen LogP contribution in [-0.2, 0) is 0 Å². The van der Waals surface area contributed by atoms with Crippen molar-refractivity contribution in [3.8, 4) is 0 Å². The summed E-state index contributed by atoms with van der Waals surface area (Å²) < 4.78 is 13.1. The van der Waals surface area contributed by atoms with Gasteiger partial charge in [-0.1, -0.05) is 12.8 Å². The highest BCUT2D eigenvalue weighted by Gasteiger charge is 2.17. The molecule has 0 unspecified atom stereocenters. The lowest BCUT2D eigenvalue weighted by molar-refractivity contribution is 0.468. The van der Waals surface area contributed by atoms with Crippen molar-refractivity contribution >= 4 is 17.6 Å². The van der Waals surface area contributed by atoms with Gasteiger partial charge in [-0.2, -0.15) is 0 Å². The van der Waals surface area contributed by atoms with Crippen molar-refractivity contribution in [2.75, 3.05) is 18.4 Å². The van der Waals surface area contributed by atoms with E-state index in [9.17, 15) is 4.39 Å². The predicted molar refractivity (Wildman–Crippen MR) is 103 cm³/mol. The lowest BCUT2D eigenvalue weighted by atomic mass is 9.87. The second-order valence-electron chi connectivity index (χ2n) is 6.82. The van der Waals surface area contributed by atoms with Crippen LogP contribution in [0.15, 0.2) is 36.4 Å². The maximum atomic E-state index is 13.1. The molecule has 25 heavy (non-hydrogen) atoms. The fourth-order valence-electron chi connectivity index (χ4n) is 3.56. The molecule has 1 heterocycles. The quantitative estimate of drug-likeness (QED) is 0.677. The Hall–Kier alpha value is -2.20. The number of hydrogen-bond donors (Lipinski definition) is 3. The van der Waals surface area contributed by atoms with Gasteiger partial charge in [-0.15, -0.1) is 0 Å². The van der Waals surface area contributed by atoms with Crippen molar-refractivity contribution in [3.63, 3.8) is 0 Å². The van der Waals surface area contributed by atoms with Crippen molar-refractivity contribution in [1.29, 1.82) is 5.41 Å². The largest absolute Gasteiger partial charge is 0.355 e. The molecule has 3 N–H and O–H groups in total. The molecule has 3 rings (SSSR count). The van der Waals surface area contributed by atoms with Crippen LogP contribution in [0.2, 0.25) is 0 Å². The molecule has 0 radical (unpaired) electrons. The first-order valence-corrected chi connectivity index (χ1v) is 9.05. The number of hydrogen-bond acceptors (Lipinski definition) is 3. The standard InChI is InChI=1S/C21H26FN3/c1-15-11-21(25-19-8-6-18(22)7-9-19)17(13-23)12-20(15)16-5-3-2-4-10-24-14-16/h6-9,11-13,16,23-25H,2-5,10,14H2,1H3/t16-/m1/s1. The van der Waals surface area contributed by atoms with Gasteiger partial charge in [0.2, 0.25) is 0 Å². The molecule has 4 heteroatoms. The molecular weight excluding hydrogens is 313 g/mol. The van der Waals surface area contributed by atoms with E-state index in [1.54, 1.807) is 12.1 Å². The summed E-state index contributed by atoms with van der Waals surface area (Å²) in [5.74, 6) is 0.250. The summed E-state index contributed by atoms with van der Waals surface area (Å²) in [5.41, 5.74) is 5.15. The van der Waals surface area contributed by atoms with Crippen LogP contribution in [0, 0.1) is 18.2 Å². The Balaban J connectivity index is 1.86. The highest BCUT2D eigenvalue weighted by atomic mass is 19.1. The molecule has 0 aromatic heterocycles. The van der Waals surface area contributed by atoms with Crippen LogP contribution in [0.1, 0.15) is 48.3 Å². The lowest BCUT2D eigenvalue weighted by Crippen LogP contribution is -2.25. The Labute approximate surface area is 149 Å². The maximum absolute atomic E-state index is 13.1. The number of aryl methyl sites for hydroxylation is 1. The summed E-state index contributed by atoms with van der Waals surface area (Å²) in [4.78, 5) is 0. The van der Waals surface area contributed by atoms with Crippen molar-refractivity contribution in [2.24, 2.45) is 0 Å². The molecule has 0 aliphatic carbocycles. The molecule has 1 fully saturated rings. The van der Waals surface area contributed by atoms with Gasteiger partial charge in [0.05, 0.1) is 0 Å². The second-order valence-corrected chi connectivity index (χ2v) is 6.82. The lowest BCUT2D eigenvalue weighted by Gasteiger charge is -2.24. The zero-order valence-corrected chi connectivity index (χ0v) is 14.7. The Morgan fingerprint density at radius 3 is 2.72 bits per heavy atom. The van der Waals surface area contributed by atoms with E-state index in [-0.39, 0.29) is 5.82 Å². The molecule has 3 nitrogen and oxygen atoms in total. The van der Waals surface area contributed by atoms with Crippen LogP contribution in [0.25, 0.3) is 0 Å². The molecule has 1 atom stereocenters. The Bertz CT molecular complexity index is 717. The average molecular weight is 339 g/mol. The first kappa shape index (κ1) is 17.6. The molecule has 1 aliphatic heterocycles. The summed E-state index contributed by atoms with van der Waals surface area (Å²) in [6.07, 6.45) is 6.39. The number of nitrogens with one attached hydrogen (secondary N) is 3. The van der Waals surface area contributed by atoms with Crippen LogP contribution < -0.4 is 10.6 Å². The highest BCUT2D eigenvalue weighted by Crippen LogP contribution is 2.31. The Morgan fingerprint density at radius 2 is 1.96 bits per heavy atom. The zero-order chi connectivity index (χ0) is 17.6. The van der Waals surface area contributed by atoms with Gasteiger partial charge < -0.3 is 16.0 Å². The van der Waals surface area contributed by atoms with E-state index in [0.29, 0.717) is 5.92 Å². The zero-order valence-electron chi connectivity index (χ0n) is 14.7. The van der Waals surface area contributed by atoms with Crippen LogP contribution in [0.5, 0.6) is 0 Å². The number of anilines is 2. The minimum Gasteiger partial charge on any atom is -0.355 e. The molecule has 132 valence electrons. The van der Waals surface area contributed by atoms with Crippen LogP contribution >= 0.6 is 0 Å². The SMILES string of the molecule is Cc1cc(Nc2ccc(F)cc2)c(C=N)cc1[C@@H]1CCCCCNC1. The van der Waals surface area contributed by atoms with Gasteiger partial charge in [-0.05, 0) is 79.8 Å². The third kappa shape index (κ3) is 4.45. The van der Waals surface area contributed by atoms with Crippen molar-refractivity contribution in [1.82, 2.24) is 5.32 Å². The van der Waals surface area contributed by atoms with Crippen molar-refractivity contribution in [2.45, 2.75) is 38.5 Å². The summed E-state index contributed by atoms with van der Waals surface area (Å²) >= 11 is 0. The fraction of sp³-hybridized carbons (Fsp3) is 0.381. The second kappa shape index (κ2) is 8.26. The van der Waals surface area contributed by atoms with Crippen molar-refractivity contribution in [3.05, 3.63) is 58.9 Å². The minimum absolute atomic E-state index is 0.249. The third-order valence-corrected chi connectivity index (χ3v) is 4.95. The van der Waals surface area contributed by atoms with Crippen molar-refractivity contribution < 1.29 is 4.39 Å². The Morgan fingerprint density at radius 1 is 1.16 bits per heavy atom. The summed E-state index contributed by atoms with van der Waals surface area (Å²) in [5, 5.41) is 14.7. The first-order valence-electron chi connectivity index (χ1n) is 9.05. The summed E-state index contributed by atoms with van der Waals surface area (Å²) in [7, 11) is 0. The van der Waals surface area contributed by atoms with Gasteiger partial charge in [-0.3, -0.25) is 0 Å². The molecule has 1 saturated heterocycles. The molecule has 2 aromatic carbocycles. The first-order chi connectivity index (χ1) is 12.2. The summed E-state index contributed by atoms with van der Waals surface area (Å²) in [6, 6.07) is 10.6. The van der Waals surface area contributed by atoms with Crippen LogP contribution in [0.3, 0.4) is 0 Å². The Kier molecular flexibility index (Phi) is 5.82. The molecule has 1 aliphatic rings. The van der Waals surface area contributed by atoms with E-state index in [2.05, 4.69) is 29.7 Å². The highest BCUT2D eigenvalue weighted by molar-refractivity contribution is 5.88.